The summed E-state index contributed by atoms with van der Waals surface area (Å²) >= 11 is 0. The van der Waals surface area contributed by atoms with Gasteiger partial charge in [0.05, 0.1) is 6.10 Å². The van der Waals surface area contributed by atoms with E-state index in [4.69, 9.17) is 10.5 Å². The van der Waals surface area contributed by atoms with Crippen molar-refractivity contribution >= 4 is 17.6 Å². The van der Waals surface area contributed by atoms with Crippen molar-refractivity contribution in [3.05, 3.63) is 0 Å². The maximum absolute atomic E-state index is 12.1. The van der Waals surface area contributed by atoms with E-state index in [2.05, 4.69) is 5.32 Å². The number of amides is 2. The molecule has 126 valence electrons. The molecule has 0 aliphatic carbocycles. The minimum absolute atomic E-state index is 0.0354. The fraction of sp³-hybridized carbons (Fsp3) is 0.800. The minimum atomic E-state index is -0.600. The molecule has 3 N–H and O–H groups in total. The van der Waals surface area contributed by atoms with Crippen LogP contribution in [0.4, 0.5) is 0 Å². The van der Waals surface area contributed by atoms with Crippen LogP contribution >= 0.6 is 0 Å². The molecular weight excluding hydrogens is 286 g/mol. The van der Waals surface area contributed by atoms with Gasteiger partial charge in [0, 0.05) is 19.4 Å². The van der Waals surface area contributed by atoms with Crippen molar-refractivity contribution in [1.82, 2.24) is 10.2 Å². The molecule has 0 aromatic heterocycles. The number of carbonyl (C=O) groups excluding carboxylic acids is 3. The molecule has 2 amide bonds. The SMILES string of the molecule is CN(C)CCC1OCC(=O)C1NC(=O)CC(C)(C)CC(N)=O. The molecule has 7 nitrogen and oxygen atoms in total. The van der Waals surface area contributed by atoms with Gasteiger partial charge in [-0.2, -0.15) is 0 Å². The Hall–Kier alpha value is -1.47. The predicted octanol–water partition coefficient (Wildman–Crippen LogP) is -0.317. The van der Waals surface area contributed by atoms with Gasteiger partial charge in [-0.15, -0.1) is 0 Å². The van der Waals surface area contributed by atoms with Crippen molar-refractivity contribution in [2.24, 2.45) is 11.1 Å². The standard InChI is InChI=1S/C15H27N3O4/c1-15(2,7-12(16)20)8-13(21)17-14-10(19)9-22-11(14)5-6-18(3)4/h11,14H,5-9H2,1-4H3,(H2,16,20)(H,17,21). The van der Waals surface area contributed by atoms with Gasteiger partial charge in [-0.1, -0.05) is 13.8 Å². The first-order valence-electron chi connectivity index (χ1n) is 7.47. The molecule has 0 aromatic carbocycles. The Morgan fingerprint density at radius 2 is 2.00 bits per heavy atom. The summed E-state index contributed by atoms with van der Waals surface area (Å²) in [6, 6.07) is -0.600. The van der Waals surface area contributed by atoms with Crippen molar-refractivity contribution < 1.29 is 19.1 Å². The van der Waals surface area contributed by atoms with E-state index in [0.29, 0.717) is 6.42 Å². The van der Waals surface area contributed by atoms with Crippen LogP contribution in [0, 0.1) is 5.41 Å². The van der Waals surface area contributed by atoms with Gasteiger partial charge in [-0.3, -0.25) is 14.4 Å². The Balaban J connectivity index is 2.56. The number of hydrogen-bond acceptors (Lipinski definition) is 5. The Kier molecular flexibility index (Phi) is 6.49. The van der Waals surface area contributed by atoms with Crippen LogP contribution in [-0.2, 0) is 19.1 Å². The van der Waals surface area contributed by atoms with E-state index in [0.717, 1.165) is 6.54 Å². The third-order valence-electron chi connectivity index (χ3n) is 3.63. The van der Waals surface area contributed by atoms with Crippen LogP contribution in [0.1, 0.15) is 33.1 Å². The summed E-state index contributed by atoms with van der Waals surface area (Å²) in [5.41, 5.74) is 4.65. The van der Waals surface area contributed by atoms with E-state index in [1.54, 1.807) is 13.8 Å². The van der Waals surface area contributed by atoms with Crippen LogP contribution in [0.15, 0.2) is 0 Å². The van der Waals surface area contributed by atoms with Gasteiger partial charge < -0.3 is 20.7 Å². The van der Waals surface area contributed by atoms with Crippen LogP contribution in [0.25, 0.3) is 0 Å². The van der Waals surface area contributed by atoms with Gasteiger partial charge in [0.25, 0.3) is 0 Å². The van der Waals surface area contributed by atoms with Crippen molar-refractivity contribution in [3.8, 4) is 0 Å². The number of hydrogen-bond donors (Lipinski definition) is 2. The Labute approximate surface area is 131 Å². The summed E-state index contributed by atoms with van der Waals surface area (Å²) in [4.78, 5) is 37.0. The monoisotopic (exact) mass is 313 g/mol. The zero-order valence-corrected chi connectivity index (χ0v) is 13.8. The Bertz CT molecular complexity index is 435. The highest BCUT2D eigenvalue weighted by molar-refractivity contribution is 5.92. The van der Waals surface area contributed by atoms with Crippen molar-refractivity contribution in [2.75, 3.05) is 27.2 Å². The zero-order chi connectivity index (χ0) is 16.9. The number of ether oxygens (including phenoxy) is 1. The maximum atomic E-state index is 12.1. The molecule has 1 rings (SSSR count). The summed E-state index contributed by atoms with van der Waals surface area (Å²) in [5.74, 6) is -0.809. The third-order valence-corrected chi connectivity index (χ3v) is 3.63. The first-order valence-corrected chi connectivity index (χ1v) is 7.47. The summed E-state index contributed by atoms with van der Waals surface area (Å²) in [6.45, 7) is 4.41. The second kappa shape index (κ2) is 7.69. The lowest BCUT2D eigenvalue weighted by Gasteiger charge is -2.25. The summed E-state index contributed by atoms with van der Waals surface area (Å²) < 4.78 is 5.46. The van der Waals surface area contributed by atoms with E-state index in [1.165, 1.54) is 0 Å². The van der Waals surface area contributed by atoms with E-state index in [1.807, 2.05) is 19.0 Å². The fourth-order valence-corrected chi connectivity index (χ4v) is 2.58. The molecule has 1 aliphatic rings. The summed E-state index contributed by atoms with van der Waals surface area (Å²) in [5, 5.41) is 2.75. The zero-order valence-electron chi connectivity index (χ0n) is 13.8. The first-order chi connectivity index (χ1) is 10.1. The van der Waals surface area contributed by atoms with Crippen LogP contribution < -0.4 is 11.1 Å². The quantitative estimate of drug-likeness (QED) is 0.639. The highest BCUT2D eigenvalue weighted by Gasteiger charge is 2.37. The number of ketones is 1. The van der Waals surface area contributed by atoms with Crippen LogP contribution in [-0.4, -0.2) is 61.9 Å². The molecule has 1 fully saturated rings. The molecule has 0 saturated carbocycles. The Morgan fingerprint density at radius 3 is 2.55 bits per heavy atom. The number of nitrogens with zero attached hydrogens (tertiary/aromatic N) is 1. The highest BCUT2D eigenvalue weighted by atomic mass is 16.5. The van der Waals surface area contributed by atoms with Gasteiger partial charge in [0.2, 0.25) is 11.8 Å². The fourth-order valence-electron chi connectivity index (χ4n) is 2.58. The summed E-state index contributed by atoms with van der Waals surface area (Å²) in [7, 11) is 3.88. The van der Waals surface area contributed by atoms with Crippen LogP contribution in [0.5, 0.6) is 0 Å². The van der Waals surface area contributed by atoms with Gasteiger partial charge in [-0.25, -0.2) is 0 Å². The number of primary amides is 1. The third kappa shape index (κ3) is 6.11. The van der Waals surface area contributed by atoms with E-state index >= 15 is 0 Å². The second-order valence-electron chi connectivity index (χ2n) is 6.94. The largest absolute Gasteiger partial charge is 0.370 e. The molecule has 1 aliphatic heterocycles. The summed E-state index contributed by atoms with van der Waals surface area (Å²) in [6.07, 6.45) is 0.645. The van der Waals surface area contributed by atoms with Gasteiger partial charge in [0.1, 0.15) is 12.6 Å². The van der Waals surface area contributed by atoms with Crippen molar-refractivity contribution in [1.29, 1.82) is 0 Å². The predicted molar refractivity (Wildman–Crippen MR) is 82.1 cm³/mol. The van der Waals surface area contributed by atoms with Crippen LogP contribution in [0.2, 0.25) is 0 Å². The second-order valence-corrected chi connectivity index (χ2v) is 6.94. The number of rotatable bonds is 8. The number of nitrogens with two attached hydrogens (primary N) is 1. The average molecular weight is 313 g/mol. The van der Waals surface area contributed by atoms with E-state index in [9.17, 15) is 14.4 Å². The lowest BCUT2D eigenvalue weighted by Crippen LogP contribution is -2.46. The molecule has 2 atom stereocenters. The maximum Gasteiger partial charge on any atom is 0.221 e. The molecule has 0 aromatic rings. The lowest BCUT2D eigenvalue weighted by molar-refractivity contribution is -0.128. The molecule has 1 saturated heterocycles. The smallest absolute Gasteiger partial charge is 0.221 e. The molecule has 7 heteroatoms. The van der Waals surface area contributed by atoms with Gasteiger partial charge in [-0.05, 0) is 25.9 Å². The van der Waals surface area contributed by atoms with Crippen molar-refractivity contribution in [2.45, 2.75) is 45.3 Å². The van der Waals surface area contributed by atoms with Gasteiger partial charge >= 0.3 is 0 Å². The lowest BCUT2D eigenvalue weighted by atomic mass is 9.85. The molecule has 0 spiro atoms. The van der Waals surface area contributed by atoms with E-state index in [-0.39, 0.29) is 37.2 Å². The first kappa shape index (κ1) is 18.6. The average Bonchev–Trinajstić information content (AvgIpc) is 2.65. The Morgan fingerprint density at radius 1 is 1.36 bits per heavy atom. The highest BCUT2D eigenvalue weighted by Crippen LogP contribution is 2.25. The number of carbonyl (C=O) groups is 3. The van der Waals surface area contributed by atoms with E-state index < -0.39 is 17.4 Å². The number of Topliss-reactive ketones (excluding diaryl/α,β-unsaturated/α-hetero) is 1. The molecule has 22 heavy (non-hydrogen) atoms. The molecule has 2 unspecified atom stereocenters. The normalized spacial score (nSPS) is 22.1. The number of nitrogens with one attached hydrogen (secondary N) is 1. The van der Waals surface area contributed by atoms with Crippen molar-refractivity contribution in [3.63, 3.8) is 0 Å². The molecular formula is C15H27N3O4. The van der Waals surface area contributed by atoms with Crippen LogP contribution in [0.3, 0.4) is 0 Å². The molecule has 0 bridgehead atoms. The molecule has 0 radical (unpaired) electrons. The molecule has 1 heterocycles. The topological polar surface area (TPSA) is 102 Å². The van der Waals surface area contributed by atoms with Gasteiger partial charge in [0.15, 0.2) is 5.78 Å². The minimum Gasteiger partial charge on any atom is -0.370 e.